The fourth-order valence-electron chi connectivity index (χ4n) is 2.50. The van der Waals surface area contributed by atoms with Crippen molar-refractivity contribution in [3.63, 3.8) is 0 Å². The fourth-order valence-corrected chi connectivity index (χ4v) is 2.50. The molecular formula is C13H21N3O4. The van der Waals surface area contributed by atoms with Crippen molar-refractivity contribution in [2.75, 3.05) is 26.7 Å². The standard InChI is InChI=1S/C13H21N3O4/c1-15-8-12(19)16(13(15)20)4-2-3-11(18)14-7-9-5-10(17)6-9/h9-10,17H,2-8H2,1H3,(H,14,18). The van der Waals surface area contributed by atoms with Crippen LogP contribution in [-0.4, -0.2) is 65.5 Å². The zero-order chi connectivity index (χ0) is 14.7. The van der Waals surface area contributed by atoms with E-state index in [9.17, 15) is 14.4 Å². The van der Waals surface area contributed by atoms with Gasteiger partial charge in [0.05, 0.1) is 6.10 Å². The van der Waals surface area contributed by atoms with E-state index >= 15 is 0 Å². The van der Waals surface area contributed by atoms with Crippen molar-refractivity contribution in [1.29, 1.82) is 0 Å². The average molecular weight is 283 g/mol. The molecule has 0 unspecified atom stereocenters. The predicted molar refractivity (Wildman–Crippen MR) is 70.7 cm³/mol. The van der Waals surface area contributed by atoms with Crippen LogP contribution in [-0.2, 0) is 9.59 Å². The Morgan fingerprint density at radius 2 is 2.10 bits per heavy atom. The monoisotopic (exact) mass is 283 g/mol. The van der Waals surface area contributed by atoms with E-state index in [4.69, 9.17) is 5.11 Å². The van der Waals surface area contributed by atoms with Crippen LogP contribution in [0.5, 0.6) is 0 Å². The van der Waals surface area contributed by atoms with E-state index in [1.165, 1.54) is 9.80 Å². The molecule has 0 atom stereocenters. The fraction of sp³-hybridized carbons (Fsp3) is 0.769. The molecule has 20 heavy (non-hydrogen) atoms. The number of likely N-dealkylation sites (N-methyl/N-ethyl adjacent to an activating group) is 1. The molecule has 2 aliphatic rings. The molecule has 1 heterocycles. The molecule has 0 spiro atoms. The summed E-state index contributed by atoms with van der Waals surface area (Å²) in [6.07, 6.45) is 2.08. The molecule has 2 rings (SSSR count). The van der Waals surface area contributed by atoms with Crippen molar-refractivity contribution in [2.45, 2.75) is 31.8 Å². The second-order valence-electron chi connectivity index (χ2n) is 5.58. The SMILES string of the molecule is CN1CC(=O)N(CCCC(=O)NCC2CC(O)C2)C1=O. The van der Waals surface area contributed by atoms with Crippen LogP contribution < -0.4 is 5.32 Å². The molecule has 1 aliphatic heterocycles. The summed E-state index contributed by atoms with van der Waals surface area (Å²) in [5.74, 6) is 0.101. The first-order valence-corrected chi connectivity index (χ1v) is 6.97. The molecule has 1 aliphatic carbocycles. The van der Waals surface area contributed by atoms with E-state index in [1.807, 2.05) is 0 Å². The van der Waals surface area contributed by atoms with Crippen molar-refractivity contribution in [3.8, 4) is 0 Å². The molecule has 1 saturated carbocycles. The third-order valence-corrected chi connectivity index (χ3v) is 3.82. The van der Waals surface area contributed by atoms with Gasteiger partial charge in [-0.3, -0.25) is 14.5 Å². The number of imide groups is 1. The molecule has 4 amide bonds. The van der Waals surface area contributed by atoms with Gasteiger partial charge in [-0.2, -0.15) is 0 Å². The molecule has 0 bridgehead atoms. The Labute approximate surface area is 117 Å². The van der Waals surface area contributed by atoms with Gasteiger partial charge < -0.3 is 15.3 Å². The summed E-state index contributed by atoms with van der Waals surface area (Å²) in [5.41, 5.74) is 0. The summed E-state index contributed by atoms with van der Waals surface area (Å²) in [6.45, 7) is 1.01. The van der Waals surface area contributed by atoms with Crippen LogP contribution >= 0.6 is 0 Å². The number of nitrogens with one attached hydrogen (secondary N) is 1. The molecule has 0 aromatic carbocycles. The summed E-state index contributed by atoms with van der Waals surface area (Å²) < 4.78 is 0. The number of nitrogens with zero attached hydrogens (tertiary/aromatic N) is 2. The first-order valence-electron chi connectivity index (χ1n) is 6.97. The lowest BCUT2D eigenvalue weighted by Crippen LogP contribution is -2.38. The van der Waals surface area contributed by atoms with Gasteiger partial charge >= 0.3 is 6.03 Å². The minimum Gasteiger partial charge on any atom is -0.393 e. The summed E-state index contributed by atoms with van der Waals surface area (Å²) in [4.78, 5) is 37.2. The Morgan fingerprint density at radius 1 is 1.40 bits per heavy atom. The van der Waals surface area contributed by atoms with Gasteiger partial charge in [0, 0.05) is 26.6 Å². The second kappa shape index (κ2) is 6.21. The number of urea groups is 1. The van der Waals surface area contributed by atoms with Crippen LogP contribution in [0.1, 0.15) is 25.7 Å². The molecule has 2 N–H and O–H groups in total. The quantitative estimate of drug-likeness (QED) is 0.646. The van der Waals surface area contributed by atoms with E-state index in [0.29, 0.717) is 25.3 Å². The predicted octanol–water partition coefficient (Wildman–Crippen LogP) is -0.452. The zero-order valence-corrected chi connectivity index (χ0v) is 11.7. The average Bonchev–Trinajstić information content (AvgIpc) is 2.59. The van der Waals surface area contributed by atoms with Crippen LogP contribution in [0.4, 0.5) is 4.79 Å². The highest BCUT2D eigenvalue weighted by atomic mass is 16.3. The third-order valence-electron chi connectivity index (χ3n) is 3.82. The third kappa shape index (κ3) is 3.47. The van der Waals surface area contributed by atoms with E-state index in [1.54, 1.807) is 7.05 Å². The number of carbonyl (C=O) groups is 3. The molecular weight excluding hydrogens is 262 g/mol. The van der Waals surface area contributed by atoms with Crippen LogP contribution in [0.3, 0.4) is 0 Å². The Morgan fingerprint density at radius 3 is 2.65 bits per heavy atom. The lowest BCUT2D eigenvalue weighted by Gasteiger charge is -2.31. The lowest BCUT2D eigenvalue weighted by molar-refractivity contribution is -0.126. The van der Waals surface area contributed by atoms with Gasteiger partial charge in [-0.1, -0.05) is 0 Å². The van der Waals surface area contributed by atoms with Crippen molar-refractivity contribution >= 4 is 17.8 Å². The maximum Gasteiger partial charge on any atom is 0.326 e. The van der Waals surface area contributed by atoms with Gasteiger partial charge in [-0.15, -0.1) is 0 Å². The summed E-state index contributed by atoms with van der Waals surface area (Å²) in [6, 6.07) is -0.293. The largest absolute Gasteiger partial charge is 0.393 e. The van der Waals surface area contributed by atoms with E-state index in [2.05, 4.69) is 5.32 Å². The Bertz CT molecular complexity index is 406. The summed E-state index contributed by atoms with van der Waals surface area (Å²) in [5, 5.41) is 11.9. The highest BCUT2D eigenvalue weighted by Gasteiger charge is 2.33. The first kappa shape index (κ1) is 14.8. The number of amides is 4. The van der Waals surface area contributed by atoms with Crippen molar-refractivity contribution in [2.24, 2.45) is 5.92 Å². The lowest BCUT2D eigenvalue weighted by atomic mass is 9.82. The van der Waals surface area contributed by atoms with Gasteiger partial charge in [0.2, 0.25) is 11.8 Å². The van der Waals surface area contributed by atoms with E-state index < -0.39 is 0 Å². The smallest absolute Gasteiger partial charge is 0.326 e. The van der Waals surface area contributed by atoms with Crippen molar-refractivity contribution < 1.29 is 19.5 Å². The number of hydrogen-bond donors (Lipinski definition) is 2. The molecule has 1 saturated heterocycles. The van der Waals surface area contributed by atoms with E-state index in [0.717, 1.165) is 12.8 Å². The maximum atomic E-state index is 11.6. The van der Waals surface area contributed by atoms with Crippen LogP contribution in [0.25, 0.3) is 0 Å². The number of hydrogen-bond acceptors (Lipinski definition) is 4. The Hall–Kier alpha value is -1.63. The highest BCUT2D eigenvalue weighted by molar-refractivity contribution is 6.01. The van der Waals surface area contributed by atoms with Gasteiger partial charge in [-0.05, 0) is 25.2 Å². The number of aliphatic hydroxyl groups is 1. The molecule has 7 nitrogen and oxygen atoms in total. The van der Waals surface area contributed by atoms with Gasteiger partial charge in [0.25, 0.3) is 0 Å². The second-order valence-corrected chi connectivity index (χ2v) is 5.58. The van der Waals surface area contributed by atoms with Crippen LogP contribution in [0.15, 0.2) is 0 Å². The minimum absolute atomic E-state index is 0.0705. The Balaban J connectivity index is 1.59. The highest BCUT2D eigenvalue weighted by Crippen LogP contribution is 2.26. The molecule has 0 radical (unpaired) electrons. The molecule has 7 heteroatoms. The minimum atomic E-state index is -0.293. The Kier molecular flexibility index (Phi) is 4.59. The molecule has 112 valence electrons. The van der Waals surface area contributed by atoms with Crippen LogP contribution in [0, 0.1) is 5.92 Å². The first-order chi connectivity index (χ1) is 9.47. The van der Waals surface area contributed by atoms with E-state index in [-0.39, 0.29) is 37.0 Å². The summed E-state index contributed by atoms with van der Waals surface area (Å²) in [7, 11) is 1.58. The number of aliphatic hydroxyl groups excluding tert-OH is 1. The zero-order valence-electron chi connectivity index (χ0n) is 11.7. The van der Waals surface area contributed by atoms with Gasteiger partial charge in [-0.25, -0.2) is 4.79 Å². The molecule has 2 fully saturated rings. The summed E-state index contributed by atoms with van der Waals surface area (Å²) >= 11 is 0. The van der Waals surface area contributed by atoms with Crippen LogP contribution in [0.2, 0.25) is 0 Å². The topological polar surface area (TPSA) is 90.0 Å². The van der Waals surface area contributed by atoms with Gasteiger partial charge in [0.1, 0.15) is 6.54 Å². The van der Waals surface area contributed by atoms with Crippen molar-refractivity contribution in [1.82, 2.24) is 15.1 Å². The molecule has 0 aromatic rings. The van der Waals surface area contributed by atoms with Crippen molar-refractivity contribution in [3.05, 3.63) is 0 Å². The van der Waals surface area contributed by atoms with Gasteiger partial charge in [0.15, 0.2) is 0 Å². The maximum absolute atomic E-state index is 11.6. The number of rotatable bonds is 6. The normalized spacial score (nSPS) is 25.9. The molecule has 0 aromatic heterocycles. The number of carbonyl (C=O) groups excluding carboxylic acids is 3.